The van der Waals surface area contributed by atoms with Crippen LogP contribution in [0.1, 0.15) is 18.1 Å². The molecule has 15 heavy (non-hydrogen) atoms. The number of aromatic hydroxyl groups is 1. The average molecular weight is 208 g/mol. The van der Waals surface area contributed by atoms with Crippen LogP contribution in [0.25, 0.3) is 0 Å². The standard InChI is InChI=1S/C10H12O.C2H4O2/c1-3-4-9-6-5-8(2)7-10(9)11;1-2(3)4/h3,5-7,11H,1,4H2,2H3;1H3,(H,3,4). The minimum absolute atomic E-state index is 0.366. The summed E-state index contributed by atoms with van der Waals surface area (Å²) in [7, 11) is 0. The fraction of sp³-hybridized carbons (Fsp3) is 0.250. The zero-order valence-corrected chi connectivity index (χ0v) is 9.03. The third-order valence-corrected chi connectivity index (χ3v) is 1.61. The van der Waals surface area contributed by atoms with Crippen LogP contribution < -0.4 is 0 Å². The molecule has 0 saturated carbocycles. The zero-order valence-electron chi connectivity index (χ0n) is 9.03. The van der Waals surface area contributed by atoms with Crippen molar-refractivity contribution in [2.24, 2.45) is 0 Å². The van der Waals surface area contributed by atoms with Gasteiger partial charge in [-0.05, 0) is 30.5 Å². The van der Waals surface area contributed by atoms with E-state index in [2.05, 4.69) is 6.58 Å². The number of carboxylic acid groups (broad SMARTS) is 1. The summed E-state index contributed by atoms with van der Waals surface area (Å²) in [5.74, 6) is -0.468. The van der Waals surface area contributed by atoms with Gasteiger partial charge in [0.05, 0.1) is 0 Å². The minimum atomic E-state index is -0.833. The Morgan fingerprint density at radius 3 is 2.47 bits per heavy atom. The van der Waals surface area contributed by atoms with Crippen molar-refractivity contribution in [3.63, 3.8) is 0 Å². The minimum Gasteiger partial charge on any atom is -0.508 e. The lowest BCUT2D eigenvalue weighted by Crippen LogP contribution is -1.82. The summed E-state index contributed by atoms with van der Waals surface area (Å²) < 4.78 is 0. The summed E-state index contributed by atoms with van der Waals surface area (Å²) in [5, 5.41) is 16.8. The van der Waals surface area contributed by atoms with Crippen molar-refractivity contribution < 1.29 is 15.0 Å². The molecule has 0 radical (unpaired) electrons. The molecule has 0 fully saturated rings. The Kier molecular flexibility index (Phi) is 5.86. The van der Waals surface area contributed by atoms with Gasteiger partial charge in [0, 0.05) is 6.92 Å². The van der Waals surface area contributed by atoms with Gasteiger partial charge in [0.15, 0.2) is 0 Å². The molecule has 0 amide bonds. The Morgan fingerprint density at radius 1 is 1.53 bits per heavy atom. The molecule has 0 bridgehead atoms. The first-order valence-electron chi connectivity index (χ1n) is 4.56. The predicted molar refractivity (Wildman–Crippen MR) is 60.1 cm³/mol. The van der Waals surface area contributed by atoms with E-state index in [1.54, 1.807) is 12.1 Å². The first-order chi connectivity index (χ1) is 6.97. The Balaban J connectivity index is 0.000000423. The third-order valence-electron chi connectivity index (χ3n) is 1.61. The highest BCUT2D eigenvalue weighted by molar-refractivity contribution is 5.62. The average Bonchev–Trinajstić information content (AvgIpc) is 2.09. The number of phenolic OH excluding ortho intramolecular Hbond substituents is 1. The van der Waals surface area contributed by atoms with Gasteiger partial charge < -0.3 is 10.2 Å². The van der Waals surface area contributed by atoms with E-state index in [0.29, 0.717) is 5.75 Å². The van der Waals surface area contributed by atoms with E-state index >= 15 is 0 Å². The lowest BCUT2D eigenvalue weighted by molar-refractivity contribution is -0.134. The monoisotopic (exact) mass is 208 g/mol. The fourth-order valence-electron chi connectivity index (χ4n) is 1.00. The molecule has 1 aromatic carbocycles. The number of allylic oxidation sites excluding steroid dienone is 1. The van der Waals surface area contributed by atoms with E-state index in [1.165, 1.54) is 0 Å². The number of carbonyl (C=O) groups is 1. The van der Waals surface area contributed by atoms with E-state index in [1.807, 2.05) is 19.1 Å². The lowest BCUT2D eigenvalue weighted by Gasteiger charge is -2.01. The number of aryl methyl sites for hydroxylation is 1. The number of hydrogen-bond acceptors (Lipinski definition) is 2. The highest BCUT2D eigenvalue weighted by Crippen LogP contribution is 2.18. The van der Waals surface area contributed by atoms with Gasteiger partial charge >= 0.3 is 0 Å². The first kappa shape index (κ1) is 13.2. The zero-order chi connectivity index (χ0) is 11.8. The Bertz CT molecular complexity index is 339. The maximum atomic E-state index is 9.37. The molecule has 1 rings (SSSR count). The molecule has 3 heteroatoms. The maximum absolute atomic E-state index is 9.37. The summed E-state index contributed by atoms with van der Waals surface area (Å²) in [6.45, 7) is 6.65. The molecule has 0 saturated heterocycles. The van der Waals surface area contributed by atoms with Crippen molar-refractivity contribution in [3.8, 4) is 5.75 Å². The molecule has 3 nitrogen and oxygen atoms in total. The SMILES string of the molecule is C=CCc1ccc(C)cc1O.CC(=O)O. The van der Waals surface area contributed by atoms with Gasteiger partial charge in [-0.25, -0.2) is 0 Å². The second-order valence-electron chi connectivity index (χ2n) is 3.14. The highest BCUT2D eigenvalue weighted by atomic mass is 16.4. The van der Waals surface area contributed by atoms with Crippen LogP contribution in [0.15, 0.2) is 30.9 Å². The van der Waals surface area contributed by atoms with Gasteiger partial charge in [0.1, 0.15) is 5.75 Å². The summed E-state index contributed by atoms with van der Waals surface area (Å²) in [5.41, 5.74) is 2.01. The van der Waals surface area contributed by atoms with E-state index in [-0.39, 0.29) is 0 Å². The summed E-state index contributed by atoms with van der Waals surface area (Å²) in [4.78, 5) is 9.00. The van der Waals surface area contributed by atoms with Crippen LogP contribution in [0.5, 0.6) is 5.75 Å². The van der Waals surface area contributed by atoms with Crippen molar-refractivity contribution in [2.75, 3.05) is 0 Å². The highest BCUT2D eigenvalue weighted by Gasteiger charge is 1.97. The molecule has 0 atom stereocenters. The van der Waals surface area contributed by atoms with Gasteiger partial charge in [-0.1, -0.05) is 18.2 Å². The Labute approximate surface area is 89.7 Å². The molecule has 1 aromatic rings. The van der Waals surface area contributed by atoms with Crippen LogP contribution in [-0.2, 0) is 11.2 Å². The molecule has 0 heterocycles. The van der Waals surface area contributed by atoms with Crippen LogP contribution >= 0.6 is 0 Å². The number of carboxylic acids is 1. The van der Waals surface area contributed by atoms with Gasteiger partial charge in [-0.2, -0.15) is 0 Å². The van der Waals surface area contributed by atoms with E-state index < -0.39 is 5.97 Å². The first-order valence-corrected chi connectivity index (χ1v) is 4.56. The van der Waals surface area contributed by atoms with Crippen molar-refractivity contribution in [1.29, 1.82) is 0 Å². The molecule has 0 aliphatic heterocycles. The normalized spacial score (nSPS) is 8.67. The number of hydrogen-bond donors (Lipinski definition) is 2. The van der Waals surface area contributed by atoms with Crippen molar-refractivity contribution in [2.45, 2.75) is 20.3 Å². The van der Waals surface area contributed by atoms with E-state index in [0.717, 1.165) is 24.5 Å². The van der Waals surface area contributed by atoms with Crippen LogP contribution in [0.3, 0.4) is 0 Å². The number of phenols is 1. The van der Waals surface area contributed by atoms with Crippen molar-refractivity contribution in [3.05, 3.63) is 42.0 Å². The molecule has 0 unspecified atom stereocenters. The van der Waals surface area contributed by atoms with Crippen LogP contribution in [0, 0.1) is 6.92 Å². The molecule has 0 spiro atoms. The molecule has 0 aliphatic rings. The Morgan fingerprint density at radius 2 is 2.07 bits per heavy atom. The second kappa shape index (κ2) is 6.65. The molecular formula is C12H16O3. The predicted octanol–water partition coefficient (Wildman–Crippen LogP) is 2.52. The quantitative estimate of drug-likeness (QED) is 0.734. The van der Waals surface area contributed by atoms with Crippen LogP contribution in [0.4, 0.5) is 0 Å². The van der Waals surface area contributed by atoms with Crippen LogP contribution in [-0.4, -0.2) is 16.2 Å². The van der Waals surface area contributed by atoms with E-state index in [4.69, 9.17) is 9.90 Å². The van der Waals surface area contributed by atoms with Gasteiger partial charge in [0.2, 0.25) is 0 Å². The molecular weight excluding hydrogens is 192 g/mol. The van der Waals surface area contributed by atoms with E-state index in [9.17, 15) is 5.11 Å². The topological polar surface area (TPSA) is 57.5 Å². The van der Waals surface area contributed by atoms with Gasteiger partial charge in [-0.3, -0.25) is 4.79 Å². The lowest BCUT2D eigenvalue weighted by atomic mass is 10.1. The maximum Gasteiger partial charge on any atom is 0.300 e. The van der Waals surface area contributed by atoms with Gasteiger partial charge in [-0.15, -0.1) is 6.58 Å². The number of rotatable bonds is 2. The van der Waals surface area contributed by atoms with Gasteiger partial charge in [0.25, 0.3) is 5.97 Å². The summed E-state index contributed by atoms with van der Waals surface area (Å²) in [6, 6.07) is 5.67. The smallest absolute Gasteiger partial charge is 0.300 e. The molecule has 82 valence electrons. The second-order valence-corrected chi connectivity index (χ2v) is 3.14. The Hall–Kier alpha value is -1.77. The fourth-order valence-corrected chi connectivity index (χ4v) is 1.00. The number of benzene rings is 1. The molecule has 0 aromatic heterocycles. The molecule has 0 aliphatic carbocycles. The summed E-state index contributed by atoms with van der Waals surface area (Å²) in [6.07, 6.45) is 2.51. The van der Waals surface area contributed by atoms with Crippen molar-refractivity contribution >= 4 is 5.97 Å². The van der Waals surface area contributed by atoms with Crippen molar-refractivity contribution in [1.82, 2.24) is 0 Å². The third kappa shape index (κ3) is 6.32. The number of aliphatic carboxylic acids is 1. The molecule has 2 N–H and O–H groups in total. The van der Waals surface area contributed by atoms with Crippen LogP contribution in [0.2, 0.25) is 0 Å². The summed E-state index contributed by atoms with van der Waals surface area (Å²) >= 11 is 0. The largest absolute Gasteiger partial charge is 0.508 e.